The van der Waals surface area contributed by atoms with Crippen LogP contribution >= 0.6 is 0 Å². The number of fused-ring (bicyclic) bond motifs is 1. The van der Waals surface area contributed by atoms with Crippen molar-refractivity contribution in [3.8, 4) is 0 Å². The molecule has 0 bridgehead atoms. The van der Waals surface area contributed by atoms with Crippen LogP contribution in [0.5, 0.6) is 0 Å². The number of nitrogens with zero attached hydrogens (tertiary/aromatic N) is 2. The normalized spacial score (nSPS) is 15.6. The molecule has 150 valence electrons. The zero-order valence-electron chi connectivity index (χ0n) is 16.3. The second-order valence-corrected chi connectivity index (χ2v) is 7.01. The van der Waals surface area contributed by atoms with Gasteiger partial charge < -0.3 is 10.6 Å². The summed E-state index contributed by atoms with van der Waals surface area (Å²) in [5.74, 6) is -0.987. The van der Waals surface area contributed by atoms with Gasteiger partial charge in [-0.2, -0.15) is 0 Å². The van der Waals surface area contributed by atoms with E-state index in [0.717, 1.165) is 17.7 Å². The summed E-state index contributed by atoms with van der Waals surface area (Å²) in [6.45, 7) is 0.748. The first kappa shape index (κ1) is 19.5. The van der Waals surface area contributed by atoms with Crippen molar-refractivity contribution in [3.63, 3.8) is 0 Å². The number of benzene rings is 3. The van der Waals surface area contributed by atoms with E-state index in [1.54, 1.807) is 6.07 Å². The van der Waals surface area contributed by atoms with Gasteiger partial charge in [0.05, 0.1) is 16.3 Å². The van der Waals surface area contributed by atoms with E-state index in [-0.39, 0.29) is 11.6 Å². The molecule has 2 N–H and O–H groups in total. The second-order valence-electron chi connectivity index (χ2n) is 7.01. The number of non-ortho nitro benzene ring substituents is 1. The molecule has 3 aromatic rings. The quantitative estimate of drug-likeness (QED) is 0.369. The highest BCUT2D eigenvalue weighted by molar-refractivity contribution is 6.24. The third-order valence-corrected chi connectivity index (χ3v) is 4.99. The van der Waals surface area contributed by atoms with Gasteiger partial charge in [0.25, 0.3) is 5.69 Å². The van der Waals surface area contributed by atoms with E-state index in [4.69, 9.17) is 4.99 Å². The molecule has 0 aliphatic carbocycles. The average molecular weight is 400 g/mol. The Labute approximate surface area is 173 Å². The first-order valence-electron chi connectivity index (χ1n) is 9.53. The molecule has 7 nitrogen and oxygen atoms in total. The van der Waals surface area contributed by atoms with Crippen LogP contribution in [0.1, 0.15) is 22.6 Å². The molecule has 0 saturated carbocycles. The lowest BCUT2D eigenvalue weighted by atomic mass is 9.90. The summed E-state index contributed by atoms with van der Waals surface area (Å²) in [6.07, 6.45) is 0. The number of hydrogen-bond donors (Lipinski definition) is 2. The number of nitro benzene ring substituents is 1. The molecule has 0 fully saturated rings. The molecule has 4 rings (SSSR count). The Morgan fingerprint density at radius 2 is 1.83 bits per heavy atom. The number of carbonyl (C=O) groups excluding carboxylic acids is 1. The lowest BCUT2D eigenvalue weighted by molar-refractivity contribution is -0.384. The van der Waals surface area contributed by atoms with Gasteiger partial charge in [0.2, 0.25) is 5.91 Å². The molecule has 1 aliphatic rings. The minimum absolute atomic E-state index is 0.0564. The Kier molecular flexibility index (Phi) is 5.36. The van der Waals surface area contributed by atoms with Crippen molar-refractivity contribution in [2.45, 2.75) is 12.5 Å². The molecule has 1 amide bonds. The van der Waals surface area contributed by atoms with Crippen molar-refractivity contribution in [3.05, 3.63) is 99.6 Å². The Bertz CT molecular complexity index is 1120. The SMILES string of the molecule is CNCc1ccc(N=C(c2ccccc2)C2C(=O)Nc3ccc([N+](=O)[O-])cc32)cc1. The number of rotatable bonds is 6. The molecule has 30 heavy (non-hydrogen) atoms. The fourth-order valence-corrected chi connectivity index (χ4v) is 3.57. The second kappa shape index (κ2) is 8.26. The smallest absolute Gasteiger partial charge is 0.269 e. The highest BCUT2D eigenvalue weighted by Gasteiger charge is 2.36. The van der Waals surface area contributed by atoms with E-state index in [1.165, 1.54) is 12.1 Å². The lowest BCUT2D eigenvalue weighted by Gasteiger charge is -2.14. The number of nitro groups is 1. The Hall–Kier alpha value is -3.84. The van der Waals surface area contributed by atoms with Gasteiger partial charge in [0.15, 0.2) is 0 Å². The van der Waals surface area contributed by atoms with Crippen LogP contribution in [0.25, 0.3) is 0 Å². The van der Waals surface area contributed by atoms with Crippen LogP contribution in [-0.4, -0.2) is 23.6 Å². The van der Waals surface area contributed by atoms with Crippen LogP contribution in [0.4, 0.5) is 17.1 Å². The van der Waals surface area contributed by atoms with Gasteiger partial charge >= 0.3 is 0 Å². The molecule has 0 saturated heterocycles. The number of aliphatic imine (C=N–C) groups is 1. The average Bonchev–Trinajstić information content (AvgIpc) is 3.09. The molecule has 7 heteroatoms. The zero-order chi connectivity index (χ0) is 21.1. The molecule has 1 atom stereocenters. The maximum atomic E-state index is 12.9. The number of anilines is 1. The number of hydrogen-bond acceptors (Lipinski definition) is 5. The number of nitrogens with one attached hydrogen (secondary N) is 2. The van der Waals surface area contributed by atoms with Crippen LogP contribution in [-0.2, 0) is 11.3 Å². The van der Waals surface area contributed by atoms with Crippen molar-refractivity contribution >= 4 is 28.7 Å². The van der Waals surface area contributed by atoms with Gasteiger partial charge in [-0.05, 0) is 36.4 Å². The third-order valence-electron chi connectivity index (χ3n) is 4.99. The summed E-state index contributed by atoms with van der Waals surface area (Å²) in [5.41, 5.74) is 4.24. The first-order valence-corrected chi connectivity index (χ1v) is 9.53. The summed E-state index contributed by atoms with van der Waals surface area (Å²) in [6, 6.07) is 21.6. The van der Waals surface area contributed by atoms with Crippen molar-refractivity contribution in [2.75, 3.05) is 12.4 Å². The summed E-state index contributed by atoms with van der Waals surface area (Å²) >= 11 is 0. The minimum Gasteiger partial charge on any atom is -0.325 e. The summed E-state index contributed by atoms with van der Waals surface area (Å²) in [4.78, 5) is 28.5. The van der Waals surface area contributed by atoms with E-state index in [1.807, 2.05) is 61.6 Å². The molecule has 0 aromatic heterocycles. The largest absolute Gasteiger partial charge is 0.325 e. The van der Waals surface area contributed by atoms with E-state index in [9.17, 15) is 14.9 Å². The molecule has 1 heterocycles. The van der Waals surface area contributed by atoms with Gasteiger partial charge in [0.1, 0.15) is 5.92 Å². The topological polar surface area (TPSA) is 96.6 Å². The highest BCUT2D eigenvalue weighted by Crippen LogP contribution is 2.38. The number of amides is 1. The molecular weight excluding hydrogens is 380 g/mol. The van der Waals surface area contributed by atoms with Gasteiger partial charge in [-0.1, -0.05) is 42.5 Å². The van der Waals surface area contributed by atoms with E-state index >= 15 is 0 Å². The van der Waals surface area contributed by atoms with E-state index in [0.29, 0.717) is 22.6 Å². The Morgan fingerprint density at radius 3 is 2.50 bits per heavy atom. The Balaban J connectivity index is 1.83. The van der Waals surface area contributed by atoms with Gasteiger partial charge in [0, 0.05) is 29.9 Å². The standard InChI is InChI=1S/C23H20N4O3/c1-24-14-15-7-9-17(10-8-15)25-22(16-5-3-2-4-6-16)21-19-13-18(27(29)30)11-12-20(19)26-23(21)28/h2-13,21,24H,14H2,1H3,(H,26,28). The monoisotopic (exact) mass is 400 g/mol. The van der Waals surface area contributed by atoms with Gasteiger partial charge in [-0.25, -0.2) is 0 Å². The number of carbonyl (C=O) groups is 1. The van der Waals surface area contributed by atoms with Crippen LogP contribution < -0.4 is 10.6 Å². The zero-order valence-corrected chi connectivity index (χ0v) is 16.3. The van der Waals surface area contributed by atoms with E-state index in [2.05, 4.69) is 10.6 Å². The maximum absolute atomic E-state index is 12.9. The summed E-state index contributed by atoms with van der Waals surface area (Å²) < 4.78 is 0. The molecule has 3 aromatic carbocycles. The fraction of sp³-hybridized carbons (Fsp3) is 0.130. The fourth-order valence-electron chi connectivity index (χ4n) is 3.57. The van der Waals surface area contributed by atoms with Crippen LogP contribution in [0.15, 0.2) is 77.8 Å². The molecular formula is C23H20N4O3. The minimum atomic E-state index is -0.737. The van der Waals surface area contributed by atoms with Crippen LogP contribution in [0.2, 0.25) is 0 Å². The Morgan fingerprint density at radius 1 is 1.10 bits per heavy atom. The first-order chi connectivity index (χ1) is 14.6. The van der Waals surface area contributed by atoms with Gasteiger partial charge in [-0.15, -0.1) is 0 Å². The molecule has 0 spiro atoms. The summed E-state index contributed by atoms with van der Waals surface area (Å²) in [7, 11) is 1.88. The van der Waals surface area contributed by atoms with Crippen molar-refractivity contribution in [1.82, 2.24) is 5.32 Å². The maximum Gasteiger partial charge on any atom is 0.269 e. The van der Waals surface area contributed by atoms with Crippen LogP contribution in [0, 0.1) is 10.1 Å². The molecule has 1 aliphatic heterocycles. The molecule has 1 unspecified atom stereocenters. The van der Waals surface area contributed by atoms with Crippen molar-refractivity contribution < 1.29 is 9.72 Å². The van der Waals surface area contributed by atoms with Gasteiger partial charge in [-0.3, -0.25) is 19.9 Å². The van der Waals surface area contributed by atoms with E-state index < -0.39 is 10.8 Å². The van der Waals surface area contributed by atoms with Crippen molar-refractivity contribution in [1.29, 1.82) is 0 Å². The third kappa shape index (κ3) is 3.83. The predicted molar refractivity (Wildman–Crippen MR) is 116 cm³/mol. The highest BCUT2D eigenvalue weighted by atomic mass is 16.6. The van der Waals surface area contributed by atoms with Crippen molar-refractivity contribution in [2.24, 2.45) is 4.99 Å². The summed E-state index contributed by atoms with van der Waals surface area (Å²) in [5, 5.41) is 17.2. The molecule has 0 radical (unpaired) electrons. The predicted octanol–water partition coefficient (Wildman–Crippen LogP) is 4.17. The van der Waals surface area contributed by atoms with Crippen LogP contribution in [0.3, 0.4) is 0 Å². The lowest BCUT2D eigenvalue weighted by Crippen LogP contribution is -2.22.